The Bertz CT molecular complexity index is 347. The van der Waals surface area contributed by atoms with E-state index in [1.165, 1.54) is 44.9 Å². The standard InChI is InChI=1S/C16H30IN3/c1-14(2)12-20-13-16(18-19-20)11-9-7-5-4-6-8-10-15(3)17/h13-15H,4-12H2,1-3H3. The van der Waals surface area contributed by atoms with Crippen LogP contribution < -0.4 is 0 Å². The average Bonchev–Trinajstić information content (AvgIpc) is 2.79. The molecule has 0 aliphatic heterocycles. The van der Waals surface area contributed by atoms with E-state index in [9.17, 15) is 0 Å². The van der Waals surface area contributed by atoms with Gasteiger partial charge in [0, 0.05) is 16.7 Å². The summed E-state index contributed by atoms with van der Waals surface area (Å²) in [6, 6.07) is 0. The van der Waals surface area contributed by atoms with Gasteiger partial charge in [0.05, 0.1) is 5.69 Å². The van der Waals surface area contributed by atoms with Gasteiger partial charge in [0.1, 0.15) is 0 Å². The number of halogens is 1. The average molecular weight is 391 g/mol. The van der Waals surface area contributed by atoms with Crippen LogP contribution in [0.25, 0.3) is 0 Å². The van der Waals surface area contributed by atoms with Crippen LogP contribution in [-0.4, -0.2) is 18.9 Å². The van der Waals surface area contributed by atoms with Crippen molar-refractivity contribution in [3.8, 4) is 0 Å². The summed E-state index contributed by atoms with van der Waals surface area (Å²) in [5.41, 5.74) is 1.16. The molecule has 0 N–H and O–H groups in total. The molecule has 0 aromatic carbocycles. The van der Waals surface area contributed by atoms with E-state index in [1.54, 1.807) is 0 Å². The minimum Gasteiger partial charge on any atom is -0.252 e. The van der Waals surface area contributed by atoms with Crippen molar-refractivity contribution in [1.82, 2.24) is 15.0 Å². The molecule has 0 saturated heterocycles. The Morgan fingerprint density at radius 2 is 1.70 bits per heavy atom. The molecule has 1 heterocycles. The summed E-state index contributed by atoms with van der Waals surface area (Å²) in [5.74, 6) is 0.634. The topological polar surface area (TPSA) is 30.7 Å². The largest absolute Gasteiger partial charge is 0.252 e. The second-order valence-electron chi connectivity index (χ2n) is 6.27. The fraction of sp³-hybridized carbons (Fsp3) is 0.875. The van der Waals surface area contributed by atoms with Crippen LogP contribution in [0, 0.1) is 5.92 Å². The molecule has 0 radical (unpaired) electrons. The first-order valence-corrected chi connectivity index (χ1v) is 9.35. The molecule has 4 heteroatoms. The van der Waals surface area contributed by atoms with Crippen molar-refractivity contribution in [3.63, 3.8) is 0 Å². The minimum absolute atomic E-state index is 0.634. The summed E-state index contributed by atoms with van der Waals surface area (Å²) in [6.45, 7) is 7.69. The molecule has 1 atom stereocenters. The number of nitrogens with zero attached hydrogens (tertiary/aromatic N) is 3. The van der Waals surface area contributed by atoms with Crippen LogP contribution in [0.2, 0.25) is 0 Å². The first-order valence-electron chi connectivity index (χ1n) is 8.11. The molecule has 116 valence electrons. The van der Waals surface area contributed by atoms with Gasteiger partial charge >= 0.3 is 0 Å². The maximum Gasteiger partial charge on any atom is 0.0827 e. The van der Waals surface area contributed by atoms with Gasteiger partial charge in [-0.25, -0.2) is 0 Å². The Balaban J connectivity index is 1.99. The van der Waals surface area contributed by atoms with E-state index in [0.29, 0.717) is 5.92 Å². The minimum atomic E-state index is 0.634. The van der Waals surface area contributed by atoms with Gasteiger partial charge in [-0.1, -0.05) is 80.7 Å². The molecular weight excluding hydrogens is 361 g/mol. The Kier molecular flexibility index (Phi) is 9.48. The van der Waals surface area contributed by atoms with E-state index in [4.69, 9.17) is 0 Å². The molecule has 1 rings (SSSR count). The summed E-state index contributed by atoms with van der Waals surface area (Å²) < 4.78 is 2.81. The first-order chi connectivity index (χ1) is 9.58. The van der Waals surface area contributed by atoms with Crippen molar-refractivity contribution in [2.24, 2.45) is 5.92 Å². The number of aromatic nitrogens is 3. The second-order valence-corrected chi connectivity index (χ2v) is 8.39. The second kappa shape index (κ2) is 10.6. The van der Waals surface area contributed by atoms with Crippen LogP contribution in [0.5, 0.6) is 0 Å². The molecular formula is C16H30IN3. The number of aryl methyl sites for hydroxylation is 1. The van der Waals surface area contributed by atoms with Crippen LogP contribution in [-0.2, 0) is 13.0 Å². The first kappa shape index (κ1) is 17.9. The normalized spacial score (nSPS) is 13.1. The van der Waals surface area contributed by atoms with E-state index in [1.807, 2.05) is 4.68 Å². The lowest BCUT2D eigenvalue weighted by Gasteiger charge is -2.03. The maximum absolute atomic E-state index is 4.25. The van der Waals surface area contributed by atoms with Gasteiger partial charge in [-0.2, -0.15) is 0 Å². The summed E-state index contributed by atoms with van der Waals surface area (Å²) in [7, 11) is 0. The van der Waals surface area contributed by atoms with Gasteiger partial charge in [0.2, 0.25) is 0 Å². The quantitative estimate of drug-likeness (QED) is 0.301. The SMILES string of the molecule is CC(C)Cn1cc(CCCCCCCCC(C)I)nn1. The molecule has 1 unspecified atom stereocenters. The predicted octanol–water partition coefficient (Wildman–Crippen LogP) is 5.03. The van der Waals surface area contributed by atoms with Gasteiger partial charge in [0.25, 0.3) is 0 Å². The number of rotatable bonds is 11. The van der Waals surface area contributed by atoms with E-state index in [-0.39, 0.29) is 0 Å². The third kappa shape index (κ3) is 8.93. The summed E-state index contributed by atoms with van der Waals surface area (Å²) in [4.78, 5) is 0. The zero-order valence-corrected chi connectivity index (χ0v) is 15.5. The van der Waals surface area contributed by atoms with Crippen molar-refractivity contribution in [3.05, 3.63) is 11.9 Å². The third-order valence-corrected chi connectivity index (χ3v) is 4.05. The molecule has 0 amide bonds. The van der Waals surface area contributed by atoms with Crippen molar-refractivity contribution in [2.75, 3.05) is 0 Å². The number of alkyl halides is 1. The van der Waals surface area contributed by atoms with Crippen molar-refractivity contribution in [1.29, 1.82) is 0 Å². The van der Waals surface area contributed by atoms with Crippen molar-refractivity contribution in [2.45, 2.75) is 82.6 Å². The zero-order chi connectivity index (χ0) is 14.8. The van der Waals surface area contributed by atoms with Gasteiger partial charge in [-0.3, -0.25) is 4.68 Å². The van der Waals surface area contributed by atoms with Gasteiger partial charge in [-0.15, -0.1) is 5.10 Å². The van der Waals surface area contributed by atoms with Crippen LogP contribution in [0.15, 0.2) is 6.20 Å². The molecule has 0 spiro atoms. The summed E-state index contributed by atoms with van der Waals surface area (Å²) >= 11 is 2.52. The fourth-order valence-electron chi connectivity index (χ4n) is 2.36. The molecule has 0 aliphatic carbocycles. The Hall–Kier alpha value is -0.130. The van der Waals surface area contributed by atoms with Crippen molar-refractivity contribution < 1.29 is 0 Å². The highest BCUT2D eigenvalue weighted by Gasteiger charge is 2.02. The highest BCUT2D eigenvalue weighted by molar-refractivity contribution is 14.1. The molecule has 3 nitrogen and oxygen atoms in total. The number of unbranched alkanes of at least 4 members (excludes halogenated alkanes) is 5. The summed E-state index contributed by atoms with van der Waals surface area (Å²) in [5, 5.41) is 8.43. The monoisotopic (exact) mass is 391 g/mol. The molecule has 0 saturated carbocycles. The number of hydrogen-bond donors (Lipinski definition) is 0. The highest BCUT2D eigenvalue weighted by atomic mass is 127. The maximum atomic E-state index is 4.25. The molecule has 0 fully saturated rings. The third-order valence-electron chi connectivity index (χ3n) is 3.42. The Morgan fingerprint density at radius 3 is 2.35 bits per heavy atom. The zero-order valence-electron chi connectivity index (χ0n) is 13.3. The lowest BCUT2D eigenvalue weighted by molar-refractivity contribution is 0.472. The summed E-state index contributed by atoms with van der Waals surface area (Å²) in [6.07, 6.45) is 12.7. The smallest absolute Gasteiger partial charge is 0.0827 e. The lowest BCUT2D eigenvalue weighted by atomic mass is 10.1. The van der Waals surface area contributed by atoms with Crippen LogP contribution in [0.3, 0.4) is 0 Å². The van der Waals surface area contributed by atoms with Crippen LogP contribution >= 0.6 is 22.6 Å². The molecule has 0 aliphatic rings. The van der Waals surface area contributed by atoms with E-state index < -0.39 is 0 Å². The van der Waals surface area contributed by atoms with E-state index in [2.05, 4.69) is 59.9 Å². The molecule has 1 aromatic rings. The van der Waals surface area contributed by atoms with Gasteiger partial charge in [0.15, 0.2) is 0 Å². The lowest BCUT2D eigenvalue weighted by Crippen LogP contribution is -2.04. The highest BCUT2D eigenvalue weighted by Crippen LogP contribution is 2.13. The van der Waals surface area contributed by atoms with E-state index >= 15 is 0 Å². The van der Waals surface area contributed by atoms with Gasteiger partial charge < -0.3 is 0 Å². The molecule has 1 aromatic heterocycles. The molecule has 20 heavy (non-hydrogen) atoms. The van der Waals surface area contributed by atoms with Gasteiger partial charge in [-0.05, 0) is 25.2 Å². The van der Waals surface area contributed by atoms with Crippen LogP contribution in [0.4, 0.5) is 0 Å². The molecule has 0 bridgehead atoms. The predicted molar refractivity (Wildman–Crippen MR) is 94.4 cm³/mol. The van der Waals surface area contributed by atoms with E-state index in [0.717, 1.165) is 22.6 Å². The van der Waals surface area contributed by atoms with Crippen molar-refractivity contribution >= 4 is 22.6 Å². The van der Waals surface area contributed by atoms with Crippen LogP contribution in [0.1, 0.15) is 71.4 Å². The fourth-order valence-corrected chi connectivity index (χ4v) is 2.80. The Labute approximate surface area is 138 Å². The Morgan fingerprint density at radius 1 is 1.05 bits per heavy atom. The number of hydrogen-bond acceptors (Lipinski definition) is 2.